The van der Waals surface area contributed by atoms with Crippen LogP contribution in [-0.4, -0.2) is 27.1 Å². The average Bonchev–Trinajstić information content (AvgIpc) is 3.19. The molecule has 3 nitrogen and oxygen atoms in total. The third kappa shape index (κ3) is 4.59. The fourth-order valence-corrected chi connectivity index (χ4v) is 5.60. The van der Waals surface area contributed by atoms with Crippen molar-refractivity contribution in [2.75, 3.05) is 11.5 Å². The SMILES string of the molecule is Cc1c2c(cn1CCCCSCC(=O)O)-c1cc(C(C)(C)C)cc3cc(C(C)(C)C)cc-2c13. The standard InChI is InChI=1S/C29H37NO2S/c1-18-26-23-15-21(29(5,6)7)13-19-12-20(28(2,3)4)14-22(27(19)23)24(26)16-30(18)10-8-9-11-33-17-25(31)32/h12-16H,8-11,17H2,1-7H3,(H,31,32). The molecule has 4 heteroatoms. The smallest absolute Gasteiger partial charge is 0.313 e. The summed E-state index contributed by atoms with van der Waals surface area (Å²) in [7, 11) is 0. The number of hydrogen-bond donors (Lipinski definition) is 1. The molecular formula is C29H37NO2S. The van der Waals surface area contributed by atoms with E-state index in [2.05, 4.69) is 83.5 Å². The Labute approximate surface area is 202 Å². The van der Waals surface area contributed by atoms with Crippen LogP contribution in [0.5, 0.6) is 0 Å². The fraction of sp³-hybridized carbons (Fsp3) is 0.483. The molecular weight excluding hydrogens is 426 g/mol. The van der Waals surface area contributed by atoms with Crippen molar-refractivity contribution in [2.24, 2.45) is 0 Å². The Morgan fingerprint density at radius 2 is 1.52 bits per heavy atom. The number of benzene rings is 2. The van der Waals surface area contributed by atoms with Crippen LogP contribution < -0.4 is 0 Å². The maximum atomic E-state index is 10.7. The fourth-order valence-electron chi connectivity index (χ4n) is 4.87. The minimum atomic E-state index is -0.727. The molecule has 0 spiro atoms. The van der Waals surface area contributed by atoms with E-state index in [0.29, 0.717) is 0 Å². The lowest BCUT2D eigenvalue weighted by Crippen LogP contribution is -2.12. The lowest BCUT2D eigenvalue weighted by Gasteiger charge is -2.23. The van der Waals surface area contributed by atoms with Gasteiger partial charge in [-0.1, -0.05) is 53.7 Å². The van der Waals surface area contributed by atoms with Gasteiger partial charge in [0.25, 0.3) is 0 Å². The van der Waals surface area contributed by atoms with Gasteiger partial charge in [-0.05, 0) is 81.5 Å². The van der Waals surface area contributed by atoms with Gasteiger partial charge in [0.05, 0.1) is 5.75 Å². The van der Waals surface area contributed by atoms with Gasteiger partial charge in [-0.15, -0.1) is 0 Å². The Bertz CT molecular complexity index is 1220. The Morgan fingerprint density at radius 3 is 2.09 bits per heavy atom. The molecule has 1 heterocycles. The van der Waals surface area contributed by atoms with Crippen molar-refractivity contribution in [3.63, 3.8) is 0 Å². The highest BCUT2D eigenvalue weighted by molar-refractivity contribution is 7.99. The van der Waals surface area contributed by atoms with Crippen LogP contribution in [0.15, 0.2) is 30.5 Å². The molecule has 0 unspecified atom stereocenters. The van der Waals surface area contributed by atoms with Gasteiger partial charge in [0.2, 0.25) is 0 Å². The number of hydrogen-bond acceptors (Lipinski definition) is 2. The van der Waals surface area contributed by atoms with Crippen molar-refractivity contribution in [2.45, 2.75) is 78.7 Å². The first-order chi connectivity index (χ1) is 15.4. The minimum absolute atomic E-state index is 0.0927. The normalized spacial score (nSPS) is 13.1. The maximum absolute atomic E-state index is 10.7. The summed E-state index contributed by atoms with van der Waals surface area (Å²) in [6.07, 6.45) is 4.45. The minimum Gasteiger partial charge on any atom is -0.481 e. The average molecular weight is 464 g/mol. The molecule has 176 valence electrons. The highest BCUT2D eigenvalue weighted by Crippen LogP contribution is 2.52. The quantitative estimate of drug-likeness (QED) is 0.284. The molecule has 0 radical (unpaired) electrons. The van der Waals surface area contributed by atoms with E-state index in [1.807, 2.05) is 0 Å². The highest BCUT2D eigenvalue weighted by atomic mass is 32.2. The number of carboxylic acid groups (broad SMARTS) is 1. The van der Waals surface area contributed by atoms with Crippen molar-refractivity contribution in [1.82, 2.24) is 4.57 Å². The van der Waals surface area contributed by atoms with Crippen molar-refractivity contribution in [3.8, 4) is 22.3 Å². The van der Waals surface area contributed by atoms with Crippen LogP contribution in [-0.2, 0) is 22.2 Å². The summed E-state index contributed by atoms with van der Waals surface area (Å²) >= 11 is 1.51. The number of aromatic nitrogens is 1. The number of fused-ring (bicyclic) bond motifs is 3. The lowest BCUT2D eigenvalue weighted by molar-refractivity contribution is -0.133. The molecule has 0 bridgehead atoms. The van der Waals surface area contributed by atoms with Gasteiger partial charge in [-0.3, -0.25) is 4.79 Å². The van der Waals surface area contributed by atoms with Crippen LogP contribution in [0.4, 0.5) is 0 Å². The van der Waals surface area contributed by atoms with Gasteiger partial charge in [0.1, 0.15) is 0 Å². The largest absolute Gasteiger partial charge is 0.481 e. The van der Waals surface area contributed by atoms with E-state index in [-0.39, 0.29) is 16.6 Å². The first-order valence-electron chi connectivity index (χ1n) is 12.0. The zero-order chi connectivity index (χ0) is 24.1. The second-order valence-corrected chi connectivity index (χ2v) is 12.6. The topological polar surface area (TPSA) is 42.2 Å². The van der Waals surface area contributed by atoms with Crippen LogP contribution in [0.25, 0.3) is 33.0 Å². The first kappa shape index (κ1) is 23.9. The van der Waals surface area contributed by atoms with E-state index in [0.717, 1.165) is 25.1 Å². The number of unbranched alkanes of at least 4 members (excludes halogenated alkanes) is 1. The van der Waals surface area contributed by atoms with E-state index >= 15 is 0 Å². The highest BCUT2D eigenvalue weighted by Gasteiger charge is 2.30. The molecule has 4 rings (SSSR count). The Hall–Kier alpha value is -2.20. The van der Waals surface area contributed by atoms with Crippen LogP contribution >= 0.6 is 11.8 Å². The van der Waals surface area contributed by atoms with Gasteiger partial charge >= 0.3 is 5.97 Å². The van der Waals surface area contributed by atoms with E-state index in [1.165, 1.54) is 61.6 Å². The molecule has 33 heavy (non-hydrogen) atoms. The molecule has 0 amide bonds. The van der Waals surface area contributed by atoms with Crippen molar-refractivity contribution in [3.05, 3.63) is 47.3 Å². The van der Waals surface area contributed by atoms with Crippen LogP contribution in [0.2, 0.25) is 0 Å². The predicted octanol–water partition coefficient (Wildman–Crippen LogP) is 7.79. The summed E-state index contributed by atoms with van der Waals surface area (Å²) in [5.41, 5.74) is 9.82. The molecule has 1 N–H and O–H groups in total. The lowest BCUT2D eigenvalue weighted by atomic mass is 9.81. The number of nitrogens with zero attached hydrogens (tertiary/aromatic N) is 1. The van der Waals surface area contributed by atoms with Gasteiger partial charge < -0.3 is 9.67 Å². The third-order valence-electron chi connectivity index (χ3n) is 6.85. The van der Waals surface area contributed by atoms with Crippen molar-refractivity contribution >= 4 is 28.5 Å². The molecule has 0 saturated heterocycles. The van der Waals surface area contributed by atoms with E-state index in [4.69, 9.17) is 5.11 Å². The Balaban J connectivity index is 1.73. The van der Waals surface area contributed by atoms with E-state index in [9.17, 15) is 4.79 Å². The molecule has 1 aromatic heterocycles. The summed E-state index contributed by atoms with van der Waals surface area (Å²) in [4.78, 5) is 10.7. The number of carboxylic acids is 1. The summed E-state index contributed by atoms with van der Waals surface area (Å²) in [5.74, 6) is 0.372. The number of carbonyl (C=O) groups is 1. The molecule has 0 aliphatic heterocycles. The number of aryl methyl sites for hydroxylation is 1. The van der Waals surface area contributed by atoms with Crippen molar-refractivity contribution < 1.29 is 9.90 Å². The zero-order valence-corrected chi connectivity index (χ0v) is 21.9. The molecule has 0 fully saturated rings. The summed E-state index contributed by atoms with van der Waals surface area (Å²) < 4.78 is 2.41. The van der Waals surface area contributed by atoms with Gasteiger partial charge in [0.15, 0.2) is 0 Å². The van der Waals surface area contributed by atoms with Crippen LogP contribution in [0.3, 0.4) is 0 Å². The first-order valence-corrected chi connectivity index (χ1v) is 13.2. The molecule has 1 aliphatic carbocycles. The van der Waals surface area contributed by atoms with Crippen LogP contribution in [0, 0.1) is 6.92 Å². The molecule has 0 saturated carbocycles. The molecule has 0 atom stereocenters. The second-order valence-electron chi connectivity index (χ2n) is 11.5. The maximum Gasteiger partial charge on any atom is 0.313 e. The predicted molar refractivity (Wildman–Crippen MR) is 143 cm³/mol. The molecule has 3 aromatic rings. The summed E-state index contributed by atoms with van der Waals surface area (Å²) in [5, 5.41) is 11.6. The van der Waals surface area contributed by atoms with Crippen LogP contribution in [0.1, 0.15) is 71.2 Å². The van der Waals surface area contributed by atoms with E-state index < -0.39 is 5.97 Å². The van der Waals surface area contributed by atoms with E-state index in [1.54, 1.807) is 0 Å². The number of rotatable bonds is 7. The summed E-state index contributed by atoms with van der Waals surface area (Å²) in [6, 6.07) is 9.65. The van der Waals surface area contributed by atoms with Gasteiger partial charge in [-0.2, -0.15) is 11.8 Å². The Morgan fingerprint density at radius 1 is 0.909 bits per heavy atom. The zero-order valence-electron chi connectivity index (χ0n) is 21.1. The third-order valence-corrected chi connectivity index (χ3v) is 7.88. The molecule has 2 aromatic carbocycles. The molecule has 1 aliphatic rings. The number of aliphatic carboxylic acids is 1. The van der Waals surface area contributed by atoms with Crippen molar-refractivity contribution in [1.29, 1.82) is 0 Å². The van der Waals surface area contributed by atoms with Gasteiger partial charge in [-0.25, -0.2) is 0 Å². The van der Waals surface area contributed by atoms with Gasteiger partial charge in [0, 0.05) is 29.6 Å². The number of thioether (sulfide) groups is 1. The summed E-state index contributed by atoms with van der Waals surface area (Å²) in [6.45, 7) is 17.0. The Kier molecular flexibility index (Phi) is 6.20. The second kappa shape index (κ2) is 8.54. The monoisotopic (exact) mass is 463 g/mol.